The summed E-state index contributed by atoms with van der Waals surface area (Å²) in [5.74, 6) is -1.03. The maximum absolute atomic E-state index is 11.9. The molecular formula is C12H23NO4. The summed E-state index contributed by atoms with van der Waals surface area (Å²) >= 11 is 0. The van der Waals surface area contributed by atoms with Crippen molar-refractivity contribution in [1.29, 1.82) is 0 Å². The van der Waals surface area contributed by atoms with Gasteiger partial charge in [0.05, 0.1) is 0 Å². The van der Waals surface area contributed by atoms with Gasteiger partial charge in [-0.3, -0.25) is 4.90 Å². The molecule has 2 unspecified atom stereocenters. The molecule has 0 bridgehead atoms. The SMILES string of the molecule is CCC(C)N(C(=O)OC(C)(C)C)C(C)C(=O)O. The molecule has 5 heteroatoms. The molecule has 0 aliphatic heterocycles. The monoisotopic (exact) mass is 245 g/mol. The van der Waals surface area contributed by atoms with Crippen LogP contribution >= 0.6 is 0 Å². The number of rotatable bonds is 4. The van der Waals surface area contributed by atoms with Crippen LogP contribution in [-0.2, 0) is 9.53 Å². The van der Waals surface area contributed by atoms with Gasteiger partial charge < -0.3 is 9.84 Å². The van der Waals surface area contributed by atoms with Crippen LogP contribution in [0.1, 0.15) is 48.0 Å². The van der Waals surface area contributed by atoms with Crippen LogP contribution in [0.15, 0.2) is 0 Å². The fourth-order valence-corrected chi connectivity index (χ4v) is 1.35. The van der Waals surface area contributed by atoms with E-state index in [4.69, 9.17) is 9.84 Å². The largest absolute Gasteiger partial charge is 0.480 e. The molecule has 0 fully saturated rings. The molecule has 0 aromatic carbocycles. The third kappa shape index (κ3) is 5.06. The number of carbonyl (C=O) groups is 2. The minimum atomic E-state index is -1.03. The lowest BCUT2D eigenvalue weighted by Crippen LogP contribution is -2.50. The number of amides is 1. The van der Waals surface area contributed by atoms with Crippen LogP contribution in [0.2, 0.25) is 0 Å². The molecule has 0 aliphatic carbocycles. The lowest BCUT2D eigenvalue weighted by molar-refractivity contribution is -0.143. The van der Waals surface area contributed by atoms with Crippen LogP contribution in [-0.4, -0.2) is 39.8 Å². The molecule has 17 heavy (non-hydrogen) atoms. The number of carbonyl (C=O) groups excluding carboxylic acids is 1. The van der Waals surface area contributed by atoms with Gasteiger partial charge in [0.2, 0.25) is 0 Å². The molecule has 0 aromatic rings. The van der Waals surface area contributed by atoms with Crippen molar-refractivity contribution in [3.63, 3.8) is 0 Å². The second kappa shape index (κ2) is 5.89. The third-order valence-corrected chi connectivity index (χ3v) is 2.44. The van der Waals surface area contributed by atoms with Gasteiger partial charge in [0.1, 0.15) is 11.6 Å². The first-order valence-electron chi connectivity index (χ1n) is 5.84. The normalized spacial score (nSPS) is 14.9. The summed E-state index contributed by atoms with van der Waals surface area (Å²) < 4.78 is 5.22. The topological polar surface area (TPSA) is 66.8 Å². The molecule has 1 amide bonds. The van der Waals surface area contributed by atoms with Crippen molar-refractivity contribution in [2.24, 2.45) is 0 Å². The van der Waals surface area contributed by atoms with Gasteiger partial charge in [-0.25, -0.2) is 9.59 Å². The van der Waals surface area contributed by atoms with E-state index in [1.807, 2.05) is 13.8 Å². The Bertz CT molecular complexity index is 283. The number of hydrogen-bond donors (Lipinski definition) is 1. The Balaban J connectivity index is 4.93. The summed E-state index contributed by atoms with van der Waals surface area (Å²) in [5.41, 5.74) is -0.624. The van der Waals surface area contributed by atoms with Gasteiger partial charge >= 0.3 is 12.1 Å². The Labute approximate surface area is 103 Å². The van der Waals surface area contributed by atoms with Crippen LogP contribution in [0.5, 0.6) is 0 Å². The lowest BCUT2D eigenvalue weighted by atomic mass is 10.1. The van der Waals surface area contributed by atoms with Crippen LogP contribution in [0.25, 0.3) is 0 Å². The number of ether oxygens (including phenoxy) is 1. The van der Waals surface area contributed by atoms with Crippen LogP contribution in [0.3, 0.4) is 0 Å². The maximum atomic E-state index is 11.9. The van der Waals surface area contributed by atoms with Crippen LogP contribution in [0.4, 0.5) is 4.79 Å². The van der Waals surface area contributed by atoms with Crippen molar-refractivity contribution >= 4 is 12.1 Å². The van der Waals surface area contributed by atoms with Crippen molar-refractivity contribution in [1.82, 2.24) is 4.90 Å². The molecule has 0 heterocycles. The maximum Gasteiger partial charge on any atom is 0.411 e. The summed E-state index contributed by atoms with van der Waals surface area (Å²) in [6, 6.07) is -1.06. The number of carboxylic acids is 1. The fourth-order valence-electron chi connectivity index (χ4n) is 1.35. The van der Waals surface area contributed by atoms with Gasteiger partial charge in [0.15, 0.2) is 0 Å². The van der Waals surface area contributed by atoms with E-state index in [-0.39, 0.29) is 6.04 Å². The second-order valence-electron chi connectivity index (χ2n) is 5.16. The fraction of sp³-hybridized carbons (Fsp3) is 0.833. The first-order chi connectivity index (χ1) is 7.60. The quantitative estimate of drug-likeness (QED) is 0.826. The van der Waals surface area contributed by atoms with Crippen LogP contribution in [0, 0.1) is 0 Å². The standard InChI is InChI=1S/C12H23NO4/c1-7-8(2)13(9(3)10(14)15)11(16)17-12(4,5)6/h8-9H,7H2,1-6H3,(H,14,15). The predicted octanol–water partition coefficient (Wildman–Crippen LogP) is 2.50. The highest BCUT2D eigenvalue weighted by Crippen LogP contribution is 2.16. The molecule has 0 radical (unpaired) electrons. The Hall–Kier alpha value is -1.26. The van der Waals surface area contributed by atoms with Gasteiger partial charge in [-0.2, -0.15) is 0 Å². The van der Waals surface area contributed by atoms with E-state index in [0.29, 0.717) is 6.42 Å². The molecule has 0 aromatic heterocycles. The molecule has 0 rings (SSSR count). The average Bonchev–Trinajstić information content (AvgIpc) is 2.14. The number of hydrogen-bond acceptors (Lipinski definition) is 3. The highest BCUT2D eigenvalue weighted by molar-refractivity contribution is 5.80. The zero-order valence-electron chi connectivity index (χ0n) is 11.5. The molecule has 1 N–H and O–H groups in total. The number of aliphatic carboxylic acids is 1. The van der Waals surface area contributed by atoms with Gasteiger partial charge in [0.25, 0.3) is 0 Å². The molecule has 0 aliphatic rings. The Kier molecular flexibility index (Phi) is 5.45. The van der Waals surface area contributed by atoms with E-state index in [0.717, 1.165) is 0 Å². The highest BCUT2D eigenvalue weighted by Gasteiger charge is 2.32. The van der Waals surface area contributed by atoms with E-state index in [1.165, 1.54) is 11.8 Å². The van der Waals surface area contributed by atoms with Crippen molar-refractivity contribution in [3.05, 3.63) is 0 Å². The average molecular weight is 245 g/mol. The summed E-state index contributed by atoms with van der Waals surface area (Å²) in [6.45, 7) is 10.5. The Morgan fingerprint density at radius 1 is 1.29 bits per heavy atom. The van der Waals surface area contributed by atoms with E-state index in [9.17, 15) is 9.59 Å². The second-order valence-corrected chi connectivity index (χ2v) is 5.16. The zero-order valence-corrected chi connectivity index (χ0v) is 11.5. The predicted molar refractivity (Wildman–Crippen MR) is 64.9 cm³/mol. The van der Waals surface area contributed by atoms with Crippen molar-refractivity contribution in [2.45, 2.75) is 65.6 Å². The van der Waals surface area contributed by atoms with Crippen LogP contribution < -0.4 is 0 Å². The number of nitrogens with zero attached hydrogens (tertiary/aromatic N) is 1. The summed E-state index contributed by atoms with van der Waals surface area (Å²) in [6.07, 6.45) is 0.0957. The lowest BCUT2D eigenvalue weighted by Gasteiger charge is -2.33. The summed E-state index contributed by atoms with van der Waals surface area (Å²) in [7, 11) is 0. The molecule has 2 atom stereocenters. The van der Waals surface area contributed by atoms with E-state index >= 15 is 0 Å². The number of carboxylic acid groups (broad SMARTS) is 1. The minimum Gasteiger partial charge on any atom is -0.480 e. The van der Waals surface area contributed by atoms with Crippen molar-refractivity contribution in [3.8, 4) is 0 Å². The van der Waals surface area contributed by atoms with Gasteiger partial charge in [-0.15, -0.1) is 0 Å². The first kappa shape index (κ1) is 15.7. The van der Waals surface area contributed by atoms with Gasteiger partial charge in [0, 0.05) is 6.04 Å². The third-order valence-electron chi connectivity index (χ3n) is 2.44. The highest BCUT2D eigenvalue weighted by atomic mass is 16.6. The zero-order chi connectivity index (χ0) is 13.8. The van der Waals surface area contributed by atoms with E-state index < -0.39 is 23.7 Å². The molecule has 5 nitrogen and oxygen atoms in total. The molecule has 0 spiro atoms. The Morgan fingerprint density at radius 3 is 2.06 bits per heavy atom. The molecule has 0 saturated heterocycles. The molecule has 0 saturated carbocycles. The van der Waals surface area contributed by atoms with Crippen molar-refractivity contribution in [2.75, 3.05) is 0 Å². The van der Waals surface area contributed by atoms with Crippen molar-refractivity contribution < 1.29 is 19.4 Å². The molecular weight excluding hydrogens is 222 g/mol. The summed E-state index contributed by atoms with van der Waals surface area (Å²) in [5, 5.41) is 8.99. The Morgan fingerprint density at radius 2 is 1.76 bits per heavy atom. The van der Waals surface area contributed by atoms with E-state index in [1.54, 1.807) is 20.8 Å². The smallest absolute Gasteiger partial charge is 0.411 e. The molecule has 100 valence electrons. The minimum absolute atomic E-state index is 0.170. The van der Waals surface area contributed by atoms with Gasteiger partial charge in [-0.1, -0.05) is 6.92 Å². The van der Waals surface area contributed by atoms with Gasteiger partial charge in [-0.05, 0) is 41.0 Å². The first-order valence-corrected chi connectivity index (χ1v) is 5.84. The van der Waals surface area contributed by atoms with E-state index in [2.05, 4.69) is 0 Å². The summed E-state index contributed by atoms with van der Waals surface area (Å²) in [4.78, 5) is 24.2.